The minimum atomic E-state index is 0.0765. The molecule has 5 heteroatoms. The summed E-state index contributed by atoms with van der Waals surface area (Å²) in [6.07, 6.45) is 3.94. The van der Waals surface area contributed by atoms with Gasteiger partial charge in [-0.05, 0) is 37.0 Å². The average molecular weight is 287 g/mol. The lowest BCUT2D eigenvalue weighted by molar-refractivity contribution is 0.0572. The monoisotopic (exact) mass is 287 g/mol. The van der Waals surface area contributed by atoms with Gasteiger partial charge in [-0.25, -0.2) is 0 Å². The highest BCUT2D eigenvalue weighted by atomic mass is 16.5. The number of anilines is 1. The summed E-state index contributed by atoms with van der Waals surface area (Å²) in [7, 11) is 1.71. The van der Waals surface area contributed by atoms with Gasteiger partial charge in [0.25, 0.3) is 5.91 Å². The molecule has 1 unspecified atom stereocenters. The zero-order chi connectivity index (χ0) is 14.8. The number of rotatable bonds is 3. The van der Waals surface area contributed by atoms with Crippen LogP contribution in [0.1, 0.15) is 23.2 Å². The Morgan fingerprint density at radius 3 is 3.19 bits per heavy atom. The summed E-state index contributed by atoms with van der Waals surface area (Å²) in [4.78, 5) is 17.8. The van der Waals surface area contributed by atoms with E-state index >= 15 is 0 Å². The number of nitrogens with zero attached hydrogens (tertiary/aromatic N) is 1. The highest BCUT2D eigenvalue weighted by Crippen LogP contribution is 2.24. The van der Waals surface area contributed by atoms with Gasteiger partial charge in [0, 0.05) is 43.0 Å². The van der Waals surface area contributed by atoms with Gasteiger partial charge in [0.1, 0.15) is 0 Å². The van der Waals surface area contributed by atoms with Crippen LogP contribution in [0.4, 0.5) is 5.69 Å². The van der Waals surface area contributed by atoms with Gasteiger partial charge in [0.2, 0.25) is 0 Å². The minimum Gasteiger partial charge on any atom is -0.399 e. The largest absolute Gasteiger partial charge is 0.399 e. The zero-order valence-corrected chi connectivity index (χ0v) is 12.3. The molecule has 3 rings (SSSR count). The molecule has 0 spiro atoms. The molecule has 3 N–H and O–H groups in total. The highest BCUT2D eigenvalue weighted by molar-refractivity contribution is 6.07. The van der Waals surface area contributed by atoms with Crippen LogP contribution in [0.2, 0.25) is 0 Å². The van der Waals surface area contributed by atoms with Crippen molar-refractivity contribution in [3.8, 4) is 0 Å². The van der Waals surface area contributed by atoms with Crippen molar-refractivity contribution >= 4 is 22.5 Å². The number of benzene rings is 1. The van der Waals surface area contributed by atoms with E-state index in [0.29, 0.717) is 23.8 Å². The summed E-state index contributed by atoms with van der Waals surface area (Å²) < 4.78 is 5.23. The topological polar surface area (TPSA) is 71.3 Å². The summed E-state index contributed by atoms with van der Waals surface area (Å²) in [5.41, 5.74) is 8.16. The number of hydrogen-bond acceptors (Lipinski definition) is 3. The van der Waals surface area contributed by atoms with Crippen molar-refractivity contribution in [3.63, 3.8) is 0 Å². The Bertz CT molecular complexity index is 648. The SMILES string of the molecule is COCC1CCCN(C(=O)c2c[nH]c3ccc(N)cc23)C1. The van der Waals surface area contributed by atoms with Gasteiger partial charge in [0.15, 0.2) is 0 Å². The summed E-state index contributed by atoms with van der Waals surface area (Å²) in [6, 6.07) is 5.60. The third kappa shape index (κ3) is 2.74. The van der Waals surface area contributed by atoms with E-state index in [0.717, 1.165) is 36.8 Å². The van der Waals surface area contributed by atoms with Crippen molar-refractivity contribution in [1.82, 2.24) is 9.88 Å². The molecule has 0 saturated carbocycles. The second-order valence-electron chi connectivity index (χ2n) is 5.72. The number of aromatic nitrogens is 1. The number of aromatic amines is 1. The molecule has 21 heavy (non-hydrogen) atoms. The Kier molecular flexibility index (Phi) is 3.84. The van der Waals surface area contributed by atoms with E-state index in [4.69, 9.17) is 10.5 Å². The second-order valence-corrected chi connectivity index (χ2v) is 5.72. The van der Waals surface area contributed by atoms with Gasteiger partial charge < -0.3 is 20.4 Å². The lowest BCUT2D eigenvalue weighted by Gasteiger charge is -2.32. The van der Waals surface area contributed by atoms with E-state index in [1.165, 1.54) is 0 Å². The Hall–Kier alpha value is -2.01. The van der Waals surface area contributed by atoms with Gasteiger partial charge in [-0.2, -0.15) is 0 Å². The van der Waals surface area contributed by atoms with Crippen LogP contribution < -0.4 is 5.73 Å². The van der Waals surface area contributed by atoms with Crippen LogP contribution in [0.25, 0.3) is 10.9 Å². The van der Waals surface area contributed by atoms with Crippen molar-refractivity contribution in [1.29, 1.82) is 0 Å². The maximum atomic E-state index is 12.8. The minimum absolute atomic E-state index is 0.0765. The molecule has 5 nitrogen and oxygen atoms in total. The molecule has 0 radical (unpaired) electrons. The van der Waals surface area contributed by atoms with Gasteiger partial charge in [-0.15, -0.1) is 0 Å². The van der Waals surface area contributed by atoms with Gasteiger partial charge >= 0.3 is 0 Å². The van der Waals surface area contributed by atoms with Crippen LogP contribution in [0.5, 0.6) is 0 Å². The molecule has 1 amide bonds. The molecule has 1 aromatic heterocycles. The van der Waals surface area contributed by atoms with Crippen LogP contribution >= 0.6 is 0 Å². The van der Waals surface area contributed by atoms with Gasteiger partial charge in [-0.3, -0.25) is 4.79 Å². The fourth-order valence-electron chi connectivity index (χ4n) is 3.11. The molecular formula is C16H21N3O2. The molecule has 1 atom stereocenters. The number of fused-ring (bicyclic) bond motifs is 1. The number of amides is 1. The number of nitrogen functional groups attached to an aromatic ring is 1. The number of nitrogens with one attached hydrogen (secondary N) is 1. The van der Waals surface area contributed by atoms with Crippen LogP contribution in [0.15, 0.2) is 24.4 Å². The Morgan fingerprint density at radius 1 is 1.52 bits per heavy atom. The Balaban J connectivity index is 1.84. The van der Waals surface area contributed by atoms with Gasteiger partial charge in [0.05, 0.1) is 12.2 Å². The second kappa shape index (κ2) is 5.77. The third-order valence-corrected chi connectivity index (χ3v) is 4.14. The summed E-state index contributed by atoms with van der Waals surface area (Å²) in [6.45, 7) is 2.29. The third-order valence-electron chi connectivity index (χ3n) is 4.14. The number of nitrogens with two attached hydrogens (primary N) is 1. The average Bonchev–Trinajstić information content (AvgIpc) is 2.90. The molecule has 2 heterocycles. The fourth-order valence-corrected chi connectivity index (χ4v) is 3.11. The van der Waals surface area contributed by atoms with Crippen molar-refractivity contribution in [2.45, 2.75) is 12.8 Å². The van der Waals surface area contributed by atoms with Crippen LogP contribution in [0, 0.1) is 5.92 Å². The number of carbonyl (C=O) groups is 1. The Labute approximate surface area is 124 Å². The lowest BCUT2D eigenvalue weighted by Crippen LogP contribution is -2.41. The van der Waals surface area contributed by atoms with E-state index in [2.05, 4.69) is 4.98 Å². The molecule has 2 aromatic rings. The zero-order valence-electron chi connectivity index (χ0n) is 12.3. The quantitative estimate of drug-likeness (QED) is 0.851. The van der Waals surface area contributed by atoms with Crippen molar-refractivity contribution in [2.75, 3.05) is 32.5 Å². The molecule has 1 aliphatic heterocycles. The number of piperidine rings is 1. The molecule has 0 bridgehead atoms. The normalized spacial score (nSPS) is 19.1. The predicted molar refractivity (Wildman–Crippen MR) is 83.2 cm³/mol. The maximum Gasteiger partial charge on any atom is 0.256 e. The first-order valence-electron chi connectivity index (χ1n) is 7.34. The first-order valence-corrected chi connectivity index (χ1v) is 7.34. The number of carbonyl (C=O) groups excluding carboxylic acids is 1. The van der Waals surface area contributed by atoms with E-state index in [1.54, 1.807) is 13.3 Å². The summed E-state index contributed by atoms with van der Waals surface area (Å²) >= 11 is 0. The predicted octanol–water partition coefficient (Wildman–Crippen LogP) is 2.25. The smallest absolute Gasteiger partial charge is 0.256 e. The van der Waals surface area contributed by atoms with Crippen molar-refractivity contribution in [3.05, 3.63) is 30.0 Å². The fraction of sp³-hybridized carbons (Fsp3) is 0.438. The van der Waals surface area contributed by atoms with Gasteiger partial charge in [-0.1, -0.05) is 0 Å². The summed E-state index contributed by atoms with van der Waals surface area (Å²) in [5.74, 6) is 0.510. The molecule has 1 aromatic carbocycles. The number of ether oxygens (including phenoxy) is 1. The molecular weight excluding hydrogens is 266 g/mol. The number of H-pyrrole nitrogens is 1. The first kappa shape index (κ1) is 13.9. The number of methoxy groups -OCH3 is 1. The van der Waals surface area contributed by atoms with Crippen LogP contribution in [-0.4, -0.2) is 42.6 Å². The lowest BCUT2D eigenvalue weighted by atomic mass is 9.98. The summed E-state index contributed by atoms with van der Waals surface area (Å²) in [5, 5.41) is 0.897. The molecule has 1 aliphatic rings. The maximum absolute atomic E-state index is 12.8. The van der Waals surface area contributed by atoms with E-state index in [-0.39, 0.29) is 5.91 Å². The van der Waals surface area contributed by atoms with E-state index in [9.17, 15) is 4.79 Å². The molecule has 0 aliphatic carbocycles. The highest BCUT2D eigenvalue weighted by Gasteiger charge is 2.25. The first-order chi connectivity index (χ1) is 10.2. The van der Waals surface area contributed by atoms with Crippen LogP contribution in [0.3, 0.4) is 0 Å². The molecule has 1 fully saturated rings. The van der Waals surface area contributed by atoms with Crippen molar-refractivity contribution < 1.29 is 9.53 Å². The molecule has 112 valence electrons. The number of hydrogen-bond donors (Lipinski definition) is 2. The molecule has 1 saturated heterocycles. The standard InChI is InChI=1S/C16H21N3O2/c1-21-10-11-3-2-6-19(9-11)16(20)14-8-18-15-5-4-12(17)7-13(14)15/h4-5,7-8,11,18H,2-3,6,9-10,17H2,1H3. The number of likely N-dealkylation sites (tertiary alicyclic amines) is 1. The van der Waals surface area contributed by atoms with E-state index < -0.39 is 0 Å². The Morgan fingerprint density at radius 2 is 2.38 bits per heavy atom. The van der Waals surface area contributed by atoms with E-state index in [1.807, 2.05) is 23.1 Å². The van der Waals surface area contributed by atoms with Crippen LogP contribution in [-0.2, 0) is 4.74 Å². The van der Waals surface area contributed by atoms with Crippen molar-refractivity contribution in [2.24, 2.45) is 5.92 Å².